The Balaban J connectivity index is 1.67. The quantitative estimate of drug-likeness (QED) is 0.937. The van der Waals surface area contributed by atoms with E-state index in [4.69, 9.17) is 9.47 Å². The molecule has 2 aromatic rings. The Bertz CT molecular complexity index is 635. The van der Waals surface area contributed by atoms with Crippen LogP contribution in [0.25, 0.3) is 11.4 Å². The fourth-order valence-corrected chi connectivity index (χ4v) is 2.29. The second-order valence-corrected chi connectivity index (χ2v) is 5.01. The van der Waals surface area contributed by atoms with Gasteiger partial charge >= 0.3 is 0 Å². The molecule has 0 spiro atoms. The summed E-state index contributed by atoms with van der Waals surface area (Å²) in [6.45, 7) is 0.644. The van der Waals surface area contributed by atoms with Crippen molar-refractivity contribution in [3.63, 3.8) is 0 Å². The van der Waals surface area contributed by atoms with Crippen LogP contribution in [0.1, 0.15) is 12.8 Å². The van der Waals surface area contributed by atoms with Gasteiger partial charge in [0.2, 0.25) is 0 Å². The van der Waals surface area contributed by atoms with Gasteiger partial charge in [0.15, 0.2) is 5.82 Å². The Hall–Kier alpha value is -2.47. The molecule has 0 saturated carbocycles. The van der Waals surface area contributed by atoms with E-state index in [-0.39, 0.29) is 12.0 Å². The molecule has 6 heteroatoms. The summed E-state index contributed by atoms with van der Waals surface area (Å²) in [5.74, 6) is 1.24. The van der Waals surface area contributed by atoms with Gasteiger partial charge in [0.25, 0.3) is 5.91 Å². The molecule has 0 unspecified atom stereocenters. The number of nitrogens with one attached hydrogen (secondary N) is 1. The second kappa shape index (κ2) is 6.53. The van der Waals surface area contributed by atoms with Crippen molar-refractivity contribution in [2.45, 2.75) is 18.9 Å². The van der Waals surface area contributed by atoms with Gasteiger partial charge < -0.3 is 14.8 Å². The molecule has 1 aromatic heterocycles. The average molecular weight is 299 g/mol. The monoisotopic (exact) mass is 299 g/mol. The first-order valence-corrected chi connectivity index (χ1v) is 7.15. The van der Waals surface area contributed by atoms with Gasteiger partial charge in [-0.2, -0.15) is 0 Å². The molecule has 0 aliphatic carbocycles. The lowest BCUT2D eigenvalue weighted by Gasteiger charge is -2.10. The molecule has 1 atom stereocenters. The van der Waals surface area contributed by atoms with Crippen LogP contribution in [0.3, 0.4) is 0 Å². The van der Waals surface area contributed by atoms with Gasteiger partial charge in [-0.3, -0.25) is 4.79 Å². The standard InChI is InChI=1S/C16H17N3O3/c1-21-13-6-4-11(5-7-13)15-17-9-12(10-18-15)19-16(20)14-3-2-8-22-14/h4-7,9-10,14H,2-3,8H2,1H3,(H,19,20)/t14-/m1/s1. The molecule has 6 nitrogen and oxygen atoms in total. The van der Waals surface area contributed by atoms with Crippen LogP contribution in [-0.2, 0) is 9.53 Å². The number of ether oxygens (including phenoxy) is 2. The SMILES string of the molecule is COc1ccc(-c2ncc(NC(=O)[C@H]3CCCO3)cn2)cc1. The van der Waals surface area contributed by atoms with E-state index in [1.165, 1.54) is 0 Å². The van der Waals surface area contributed by atoms with Crippen LogP contribution in [0.15, 0.2) is 36.7 Å². The maximum Gasteiger partial charge on any atom is 0.253 e. The van der Waals surface area contributed by atoms with Gasteiger partial charge in [0.05, 0.1) is 25.2 Å². The van der Waals surface area contributed by atoms with Gasteiger partial charge in [-0.1, -0.05) is 0 Å². The normalized spacial score (nSPS) is 17.2. The van der Waals surface area contributed by atoms with Crippen molar-refractivity contribution in [2.75, 3.05) is 19.0 Å². The number of rotatable bonds is 4. The van der Waals surface area contributed by atoms with Crippen molar-refractivity contribution in [1.82, 2.24) is 9.97 Å². The molecule has 1 fully saturated rings. The van der Waals surface area contributed by atoms with Gasteiger partial charge in [0.1, 0.15) is 11.9 Å². The van der Waals surface area contributed by atoms with E-state index >= 15 is 0 Å². The van der Waals surface area contributed by atoms with Gasteiger partial charge in [0, 0.05) is 12.2 Å². The Morgan fingerprint density at radius 1 is 1.27 bits per heavy atom. The van der Waals surface area contributed by atoms with Crippen LogP contribution >= 0.6 is 0 Å². The van der Waals surface area contributed by atoms with Gasteiger partial charge in [-0.25, -0.2) is 9.97 Å². The molecule has 22 heavy (non-hydrogen) atoms. The molecule has 1 aliphatic heterocycles. The van der Waals surface area contributed by atoms with Crippen molar-refractivity contribution in [3.8, 4) is 17.1 Å². The van der Waals surface area contributed by atoms with E-state index in [2.05, 4.69) is 15.3 Å². The number of aromatic nitrogens is 2. The van der Waals surface area contributed by atoms with Crippen LogP contribution in [0, 0.1) is 0 Å². The molecule has 1 N–H and O–H groups in total. The average Bonchev–Trinajstić information content (AvgIpc) is 3.10. The molecule has 0 radical (unpaired) electrons. The number of anilines is 1. The summed E-state index contributed by atoms with van der Waals surface area (Å²) in [6.07, 6.45) is 4.52. The summed E-state index contributed by atoms with van der Waals surface area (Å²) >= 11 is 0. The fourth-order valence-electron chi connectivity index (χ4n) is 2.29. The number of nitrogens with zero attached hydrogens (tertiary/aromatic N) is 2. The lowest BCUT2D eigenvalue weighted by molar-refractivity contribution is -0.124. The first-order chi connectivity index (χ1) is 10.8. The Labute approximate surface area is 128 Å². The molecule has 0 bridgehead atoms. The summed E-state index contributed by atoms with van der Waals surface area (Å²) in [6, 6.07) is 7.48. The summed E-state index contributed by atoms with van der Waals surface area (Å²) in [5, 5.41) is 2.77. The predicted molar refractivity (Wildman–Crippen MR) is 81.6 cm³/mol. The van der Waals surface area contributed by atoms with E-state index < -0.39 is 0 Å². The van der Waals surface area contributed by atoms with Crippen LogP contribution < -0.4 is 10.1 Å². The minimum atomic E-state index is -0.360. The molecular weight excluding hydrogens is 282 g/mol. The Morgan fingerprint density at radius 2 is 2.00 bits per heavy atom. The molecule has 1 aliphatic rings. The van der Waals surface area contributed by atoms with Crippen molar-refractivity contribution < 1.29 is 14.3 Å². The predicted octanol–water partition coefficient (Wildman–Crippen LogP) is 2.27. The topological polar surface area (TPSA) is 73.3 Å². The maximum absolute atomic E-state index is 11.9. The largest absolute Gasteiger partial charge is 0.497 e. The number of carbonyl (C=O) groups is 1. The number of benzene rings is 1. The maximum atomic E-state index is 11.9. The molecule has 1 aromatic carbocycles. The number of methoxy groups -OCH3 is 1. The molecule has 114 valence electrons. The summed E-state index contributed by atoms with van der Waals surface area (Å²) < 4.78 is 10.5. The lowest BCUT2D eigenvalue weighted by atomic mass is 10.2. The minimum Gasteiger partial charge on any atom is -0.497 e. The first kappa shape index (κ1) is 14.5. The number of hydrogen-bond acceptors (Lipinski definition) is 5. The fraction of sp³-hybridized carbons (Fsp3) is 0.312. The third-order valence-corrected chi connectivity index (χ3v) is 3.49. The number of amides is 1. The number of hydrogen-bond donors (Lipinski definition) is 1. The zero-order valence-electron chi connectivity index (χ0n) is 12.3. The Kier molecular flexibility index (Phi) is 4.29. The highest BCUT2D eigenvalue weighted by molar-refractivity contribution is 5.94. The number of carbonyl (C=O) groups excluding carboxylic acids is 1. The molecular formula is C16H17N3O3. The molecule has 2 heterocycles. The second-order valence-electron chi connectivity index (χ2n) is 5.01. The van der Waals surface area contributed by atoms with Crippen molar-refractivity contribution in [2.24, 2.45) is 0 Å². The van der Waals surface area contributed by atoms with E-state index in [1.807, 2.05) is 24.3 Å². The van der Waals surface area contributed by atoms with Gasteiger partial charge in [-0.15, -0.1) is 0 Å². The Morgan fingerprint density at radius 3 is 2.59 bits per heavy atom. The highest BCUT2D eigenvalue weighted by atomic mass is 16.5. The van der Waals surface area contributed by atoms with Crippen LogP contribution in [-0.4, -0.2) is 35.7 Å². The smallest absolute Gasteiger partial charge is 0.253 e. The van der Waals surface area contributed by atoms with E-state index in [1.54, 1.807) is 19.5 Å². The summed E-state index contributed by atoms with van der Waals surface area (Å²) in [7, 11) is 1.62. The zero-order chi connectivity index (χ0) is 15.4. The lowest BCUT2D eigenvalue weighted by Crippen LogP contribution is -2.26. The molecule has 1 saturated heterocycles. The third kappa shape index (κ3) is 3.23. The third-order valence-electron chi connectivity index (χ3n) is 3.49. The first-order valence-electron chi connectivity index (χ1n) is 7.15. The zero-order valence-corrected chi connectivity index (χ0v) is 12.3. The summed E-state index contributed by atoms with van der Waals surface area (Å²) in [4.78, 5) is 20.5. The van der Waals surface area contributed by atoms with Crippen LogP contribution in [0.4, 0.5) is 5.69 Å². The van der Waals surface area contributed by atoms with Gasteiger partial charge in [-0.05, 0) is 37.1 Å². The minimum absolute atomic E-state index is 0.140. The van der Waals surface area contributed by atoms with Crippen LogP contribution in [0.5, 0.6) is 5.75 Å². The van der Waals surface area contributed by atoms with Crippen molar-refractivity contribution >= 4 is 11.6 Å². The highest BCUT2D eigenvalue weighted by Gasteiger charge is 2.23. The van der Waals surface area contributed by atoms with E-state index in [9.17, 15) is 4.79 Å². The highest BCUT2D eigenvalue weighted by Crippen LogP contribution is 2.20. The van der Waals surface area contributed by atoms with Crippen molar-refractivity contribution in [1.29, 1.82) is 0 Å². The van der Waals surface area contributed by atoms with Crippen molar-refractivity contribution in [3.05, 3.63) is 36.7 Å². The molecule has 3 rings (SSSR count). The van der Waals surface area contributed by atoms with E-state index in [0.29, 0.717) is 18.1 Å². The molecule has 1 amide bonds. The van der Waals surface area contributed by atoms with Crippen LogP contribution in [0.2, 0.25) is 0 Å². The van der Waals surface area contributed by atoms with E-state index in [0.717, 1.165) is 24.2 Å². The summed E-state index contributed by atoms with van der Waals surface area (Å²) in [5.41, 5.74) is 1.45.